The van der Waals surface area contributed by atoms with Crippen molar-refractivity contribution in [2.24, 2.45) is 11.7 Å². The number of rotatable bonds is 3. The number of nitrogens with two attached hydrogens (primary N) is 1. The van der Waals surface area contributed by atoms with Crippen molar-refractivity contribution in [3.05, 3.63) is 0 Å². The minimum absolute atomic E-state index is 0.373. The first-order valence-corrected chi connectivity index (χ1v) is 4.09. The molecule has 0 aromatic carbocycles. The number of ether oxygens (including phenoxy) is 2. The van der Waals surface area contributed by atoms with Gasteiger partial charge < -0.3 is 15.2 Å². The minimum atomic E-state index is -0.380. The Morgan fingerprint density at radius 1 is 1.45 bits per heavy atom. The van der Waals surface area contributed by atoms with Crippen molar-refractivity contribution in [3.63, 3.8) is 0 Å². The second-order valence-electron chi connectivity index (χ2n) is 3.04. The van der Waals surface area contributed by atoms with Crippen molar-refractivity contribution in [1.29, 1.82) is 0 Å². The van der Waals surface area contributed by atoms with E-state index in [2.05, 4.69) is 0 Å². The molecule has 11 heavy (non-hydrogen) atoms. The highest BCUT2D eigenvalue weighted by atomic mass is 16.7. The van der Waals surface area contributed by atoms with Crippen LogP contribution in [0.2, 0.25) is 0 Å². The van der Waals surface area contributed by atoms with E-state index in [1.807, 2.05) is 0 Å². The van der Waals surface area contributed by atoms with Crippen LogP contribution in [-0.4, -0.2) is 26.6 Å². The Labute approximate surface area is 67.9 Å². The number of methoxy groups -OCH3 is 2. The Hall–Kier alpha value is -0.120. The maximum Gasteiger partial charge on any atom is 0.171 e. The van der Waals surface area contributed by atoms with E-state index in [9.17, 15) is 0 Å². The highest BCUT2D eigenvalue weighted by Gasteiger charge is 2.42. The molecule has 2 N–H and O–H groups in total. The summed E-state index contributed by atoms with van der Waals surface area (Å²) in [7, 11) is 3.38. The highest BCUT2D eigenvalue weighted by Crippen LogP contribution is 2.38. The van der Waals surface area contributed by atoms with Gasteiger partial charge >= 0.3 is 0 Å². The van der Waals surface area contributed by atoms with E-state index in [1.165, 1.54) is 0 Å². The summed E-state index contributed by atoms with van der Waals surface area (Å²) in [4.78, 5) is 0. The van der Waals surface area contributed by atoms with Crippen LogP contribution in [0.15, 0.2) is 0 Å². The third-order valence-electron chi connectivity index (χ3n) is 2.68. The first kappa shape index (κ1) is 8.97. The van der Waals surface area contributed by atoms with Crippen LogP contribution < -0.4 is 5.73 Å². The van der Waals surface area contributed by atoms with Crippen LogP contribution in [0.3, 0.4) is 0 Å². The first-order chi connectivity index (χ1) is 5.29. The van der Waals surface area contributed by atoms with Gasteiger partial charge in [0.1, 0.15) is 0 Å². The molecule has 0 radical (unpaired) electrons. The highest BCUT2D eigenvalue weighted by molar-refractivity contribution is 4.86. The molecule has 0 bridgehead atoms. The lowest BCUT2D eigenvalue weighted by Gasteiger charge is -2.31. The smallest absolute Gasteiger partial charge is 0.171 e. The lowest BCUT2D eigenvalue weighted by Crippen LogP contribution is -2.41. The Kier molecular flexibility index (Phi) is 2.87. The molecule has 0 heterocycles. The van der Waals surface area contributed by atoms with Crippen LogP contribution in [0.5, 0.6) is 0 Å². The summed E-state index contributed by atoms with van der Waals surface area (Å²) < 4.78 is 10.7. The fourth-order valence-electron chi connectivity index (χ4n) is 1.94. The van der Waals surface area contributed by atoms with Crippen LogP contribution >= 0.6 is 0 Å². The Morgan fingerprint density at radius 3 is 2.45 bits per heavy atom. The molecule has 0 aliphatic heterocycles. The molecular weight excluding hydrogens is 142 g/mol. The SMILES string of the molecule is COC1(OC)CCCC1CN. The lowest BCUT2D eigenvalue weighted by molar-refractivity contribution is -0.225. The lowest BCUT2D eigenvalue weighted by atomic mass is 10.0. The summed E-state index contributed by atoms with van der Waals surface area (Å²) in [5.41, 5.74) is 5.60. The van der Waals surface area contributed by atoms with Crippen LogP contribution in [0, 0.1) is 5.92 Å². The van der Waals surface area contributed by atoms with Crippen molar-refractivity contribution >= 4 is 0 Å². The standard InChI is InChI=1S/C8H17NO2/c1-10-8(11-2)5-3-4-7(8)6-9/h7H,3-6,9H2,1-2H3. The first-order valence-electron chi connectivity index (χ1n) is 4.09. The molecule has 0 aromatic rings. The zero-order valence-electron chi connectivity index (χ0n) is 7.30. The number of hydrogen-bond donors (Lipinski definition) is 1. The van der Waals surface area contributed by atoms with Crippen molar-refractivity contribution in [2.75, 3.05) is 20.8 Å². The van der Waals surface area contributed by atoms with Crippen LogP contribution in [0.25, 0.3) is 0 Å². The van der Waals surface area contributed by atoms with Crippen molar-refractivity contribution in [2.45, 2.75) is 25.0 Å². The van der Waals surface area contributed by atoms with Gasteiger partial charge in [0.25, 0.3) is 0 Å². The van der Waals surface area contributed by atoms with Crippen molar-refractivity contribution < 1.29 is 9.47 Å². The van der Waals surface area contributed by atoms with Gasteiger partial charge in [-0.05, 0) is 12.8 Å². The zero-order chi connectivity index (χ0) is 8.32. The fourth-order valence-corrected chi connectivity index (χ4v) is 1.94. The monoisotopic (exact) mass is 159 g/mol. The summed E-state index contributed by atoms with van der Waals surface area (Å²) in [6, 6.07) is 0. The summed E-state index contributed by atoms with van der Waals surface area (Å²) in [6.45, 7) is 0.654. The molecule has 1 rings (SSSR count). The summed E-state index contributed by atoms with van der Waals surface area (Å²) in [6.07, 6.45) is 3.25. The average Bonchev–Trinajstić information content (AvgIpc) is 2.47. The predicted molar refractivity (Wildman–Crippen MR) is 43.1 cm³/mol. The van der Waals surface area contributed by atoms with Gasteiger partial charge in [-0.1, -0.05) is 0 Å². The molecule has 3 nitrogen and oxygen atoms in total. The summed E-state index contributed by atoms with van der Waals surface area (Å²) in [5.74, 6) is -0.00752. The topological polar surface area (TPSA) is 44.5 Å². The van der Waals surface area contributed by atoms with Crippen molar-refractivity contribution in [3.8, 4) is 0 Å². The van der Waals surface area contributed by atoms with E-state index < -0.39 is 0 Å². The molecular formula is C8H17NO2. The number of hydrogen-bond acceptors (Lipinski definition) is 3. The fraction of sp³-hybridized carbons (Fsp3) is 1.00. The predicted octanol–water partition coefficient (Wildman–Crippen LogP) is 0.734. The molecule has 0 aromatic heterocycles. The molecule has 1 aliphatic carbocycles. The van der Waals surface area contributed by atoms with E-state index >= 15 is 0 Å². The van der Waals surface area contributed by atoms with E-state index in [1.54, 1.807) is 14.2 Å². The normalized spacial score (nSPS) is 29.2. The molecule has 1 atom stereocenters. The zero-order valence-corrected chi connectivity index (χ0v) is 7.30. The van der Waals surface area contributed by atoms with Gasteiger partial charge in [-0.15, -0.1) is 0 Å². The van der Waals surface area contributed by atoms with E-state index in [4.69, 9.17) is 15.2 Å². The Balaban J connectivity index is 2.63. The molecule has 1 fully saturated rings. The molecule has 0 spiro atoms. The van der Waals surface area contributed by atoms with Gasteiger partial charge in [-0.25, -0.2) is 0 Å². The molecule has 1 saturated carbocycles. The second kappa shape index (κ2) is 3.52. The third kappa shape index (κ3) is 1.41. The maximum atomic E-state index is 5.60. The van der Waals surface area contributed by atoms with E-state index in [0.29, 0.717) is 12.5 Å². The van der Waals surface area contributed by atoms with Gasteiger partial charge in [0, 0.05) is 33.1 Å². The molecule has 66 valence electrons. The summed E-state index contributed by atoms with van der Waals surface area (Å²) in [5, 5.41) is 0. The molecule has 3 heteroatoms. The van der Waals surface area contributed by atoms with Gasteiger partial charge in [0.15, 0.2) is 5.79 Å². The second-order valence-corrected chi connectivity index (χ2v) is 3.04. The molecule has 0 amide bonds. The third-order valence-corrected chi connectivity index (χ3v) is 2.68. The average molecular weight is 159 g/mol. The van der Waals surface area contributed by atoms with E-state index in [-0.39, 0.29) is 5.79 Å². The molecule has 1 unspecified atom stereocenters. The van der Waals surface area contributed by atoms with Crippen LogP contribution in [0.1, 0.15) is 19.3 Å². The minimum Gasteiger partial charge on any atom is -0.353 e. The maximum absolute atomic E-state index is 5.60. The Morgan fingerprint density at radius 2 is 2.09 bits per heavy atom. The van der Waals surface area contributed by atoms with Gasteiger partial charge in [0.05, 0.1) is 0 Å². The van der Waals surface area contributed by atoms with Crippen LogP contribution in [-0.2, 0) is 9.47 Å². The quantitative estimate of drug-likeness (QED) is 0.617. The Bertz CT molecular complexity index is 123. The van der Waals surface area contributed by atoms with Gasteiger partial charge in [-0.2, -0.15) is 0 Å². The molecule has 0 saturated heterocycles. The van der Waals surface area contributed by atoms with E-state index in [0.717, 1.165) is 19.3 Å². The molecule has 1 aliphatic rings. The van der Waals surface area contributed by atoms with Crippen LogP contribution in [0.4, 0.5) is 0 Å². The van der Waals surface area contributed by atoms with Gasteiger partial charge in [-0.3, -0.25) is 0 Å². The largest absolute Gasteiger partial charge is 0.353 e. The summed E-state index contributed by atoms with van der Waals surface area (Å²) >= 11 is 0. The van der Waals surface area contributed by atoms with Crippen molar-refractivity contribution in [1.82, 2.24) is 0 Å². The van der Waals surface area contributed by atoms with Gasteiger partial charge in [0.2, 0.25) is 0 Å².